The van der Waals surface area contributed by atoms with E-state index in [0.29, 0.717) is 0 Å². The van der Waals surface area contributed by atoms with E-state index < -0.39 is 6.03 Å². The summed E-state index contributed by atoms with van der Waals surface area (Å²) in [6.45, 7) is 4.66. The maximum atomic E-state index is 12.1. The van der Waals surface area contributed by atoms with E-state index in [2.05, 4.69) is 40.7 Å². The van der Waals surface area contributed by atoms with Crippen LogP contribution in [0.5, 0.6) is 0 Å². The second-order valence-electron chi connectivity index (χ2n) is 6.68. The summed E-state index contributed by atoms with van der Waals surface area (Å²) < 4.78 is 0. The molecule has 0 saturated carbocycles. The SMILES string of the molecule is Cc1ccccc1CN1CCC(NC(=O)CN2C(=O)CNC2=O)CC1. The largest absolute Gasteiger partial charge is 0.352 e. The molecule has 0 atom stereocenters. The number of rotatable bonds is 5. The van der Waals surface area contributed by atoms with Crippen molar-refractivity contribution in [1.29, 1.82) is 0 Å². The van der Waals surface area contributed by atoms with Crippen molar-refractivity contribution in [3.8, 4) is 0 Å². The molecule has 7 nitrogen and oxygen atoms in total. The number of benzene rings is 1. The van der Waals surface area contributed by atoms with Gasteiger partial charge < -0.3 is 10.6 Å². The highest BCUT2D eigenvalue weighted by Gasteiger charge is 2.31. The number of imide groups is 1. The molecule has 1 aromatic rings. The second-order valence-corrected chi connectivity index (χ2v) is 6.68. The predicted octanol–water partition coefficient (Wildman–Crippen LogP) is 0.627. The van der Waals surface area contributed by atoms with Gasteiger partial charge in [0.15, 0.2) is 0 Å². The Labute approximate surface area is 147 Å². The van der Waals surface area contributed by atoms with Gasteiger partial charge in [-0.3, -0.25) is 19.4 Å². The van der Waals surface area contributed by atoms with Crippen molar-refractivity contribution < 1.29 is 14.4 Å². The summed E-state index contributed by atoms with van der Waals surface area (Å²) in [6, 6.07) is 7.99. The van der Waals surface area contributed by atoms with Crippen molar-refractivity contribution in [2.75, 3.05) is 26.2 Å². The Kier molecular flexibility index (Phi) is 5.33. The van der Waals surface area contributed by atoms with Crippen LogP contribution in [0.25, 0.3) is 0 Å². The molecular formula is C18H24N4O3. The van der Waals surface area contributed by atoms with Gasteiger partial charge >= 0.3 is 6.03 Å². The number of likely N-dealkylation sites (tertiary alicyclic amines) is 1. The molecule has 0 unspecified atom stereocenters. The molecule has 3 rings (SSSR count). The number of amides is 4. The Morgan fingerprint density at radius 1 is 1.24 bits per heavy atom. The van der Waals surface area contributed by atoms with E-state index in [1.54, 1.807) is 0 Å². The Bertz CT molecular complexity index is 652. The molecule has 25 heavy (non-hydrogen) atoms. The normalized spacial score (nSPS) is 19.2. The molecule has 7 heteroatoms. The molecule has 0 radical (unpaired) electrons. The lowest BCUT2D eigenvalue weighted by atomic mass is 10.0. The minimum Gasteiger partial charge on any atom is -0.352 e. The lowest BCUT2D eigenvalue weighted by molar-refractivity contribution is -0.131. The van der Waals surface area contributed by atoms with Gasteiger partial charge in [-0.1, -0.05) is 24.3 Å². The molecule has 2 heterocycles. The Morgan fingerprint density at radius 2 is 1.96 bits per heavy atom. The molecule has 0 aliphatic carbocycles. The number of piperidine rings is 1. The second kappa shape index (κ2) is 7.65. The third kappa shape index (κ3) is 4.36. The number of nitrogens with zero attached hydrogens (tertiary/aromatic N) is 2. The molecule has 0 aromatic heterocycles. The molecule has 0 spiro atoms. The minimum absolute atomic E-state index is 0.0244. The van der Waals surface area contributed by atoms with Gasteiger partial charge in [0.1, 0.15) is 6.54 Å². The van der Waals surface area contributed by atoms with E-state index in [-0.39, 0.29) is 30.9 Å². The van der Waals surface area contributed by atoms with Gasteiger partial charge in [-0.05, 0) is 30.9 Å². The van der Waals surface area contributed by atoms with E-state index in [9.17, 15) is 14.4 Å². The molecule has 2 saturated heterocycles. The van der Waals surface area contributed by atoms with Gasteiger partial charge in [-0.25, -0.2) is 4.79 Å². The number of aryl methyl sites for hydroxylation is 1. The summed E-state index contributed by atoms with van der Waals surface area (Å²) in [5.74, 6) is -0.629. The summed E-state index contributed by atoms with van der Waals surface area (Å²) in [7, 11) is 0. The Hall–Kier alpha value is -2.41. The van der Waals surface area contributed by atoms with Crippen molar-refractivity contribution in [3.63, 3.8) is 0 Å². The molecule has 134 valence electrons. The van der Waals surface area contributed by atoms with Crippen LogP contribution in [0.3, 0.4) is 0 Å². The highest BCUT2D eigenvalue weighted by molar-refractivity contribution is 6.04. The van der Waals surface area contributed by atoms with Crippen LogP contribution in [0.1, 0.15) is 24.0 Å². The van der Waals surface area contributed by atoms with E-state index in [1.807, 2.05) is 6.07 Å². The first kappa shape index (κ1) is 17.4. The van der Waals surface area contributed by atoms with Crippen molar-refractivity contribution >= 4 is 17.8 Å². The fourth-order valence-electron chi connectivity index (χ4n) is 3.30. The molecule has 0 bridgehead atoms. The number of carbonyl (C=O) groups excluding carboxylic acids is 3. The third-order valence-electron chi connectivity index (χ3n) is 4.85. The Morgan fingerprint density at radius 3 is 2.60 bits per heavy atom. The molecule has 1 aromatic carbocycles. The quantitative estimate of drug-likeness (QED) is 0.768. The molecular weight excluding hydrogens is 320 g/mol. The molecule has 2 aliphatic heterocycles. The van der Waals surface area contributed by atoms with Crippen LogP contribution in [0, 0.1) is 6.92 Å². The van der Waals surface area contributed by atoms with Gasteiger partial charge in [0, 0.05) is 25.7 Å². The zero-order valence-electron chi connectivity index (χ0n) is 14.5. The average molecular weight is 344 g/mol. The van der Waals surface area contributed by atoms with Crippen molar-refractivity contribution in [1.82, 2.24) is 20.4 Å². The van der Waals surface area contributed by atoms with Crippen molar-refractivity contribution in [2.24, 2.45) is 0 Å². The number of urea groups is 1. The zero-order chi connectivity index (χ0) is 17.8. The third-order valence-corrected chi connectivity index (χ3v) is 4.85. The first-order chi connectivity index (χ1) is 12.0. The van der Waals surface area contributed by atoms with E-state index >= 15 is 0 Å². The van der Waals surface area contributed by atoms with Gasteiger partial charge in [-0.15, -0.1) is 0 Å². The zero-order valence-corrected chi connectivity index (χ0v) is 14.5. The summed E-state index contributed by atoms with van der Waals surface area (Å²) in [4.78, 5) is 38.4. The van der Waals surface area contributed by atoms with Crippen LogP contribution in [-0.2, 0) is 16.1 Å². The maximum Gasteiger partial charge on any atom is 0.325 e. The first-order valence-corrected chi connectivity index (χ1v) is 8.67. The number of hydrogen-bond donors (Lipinski definition) is 2. The van der Waals surface area contributed by atoms with Crippen LogP contribution >= 0.6 is 0 Å². The standard InChI is InChI=1S/C18H24N4O3/c1-13-4-2-3-5-14(13)11-21-8-6-15(7-9-21)20-16(23)12-22-17(24)10-19-18(22)25/h2-5,15H,6-12H2,1H3,(H,19,25)(H,20,23). The lowest BCUT2D eigenvalue weighted by Crippen LogP contribution is -2.48. The summed E-state index contributed by atoms with van der Waals surface area (Å²) in [5, 5.41) is 5.36. The highest BCUT2D eigenvalue weighted by Crippen LogP contribution is 2.16. The van der Waals surface area contributed by atoms with Gasteiger partial charge in [0.25, 0.3) is 5.91 Å². The Balaban J connectivity index is 1.43. The highest BCUT2D eigenvalue weighted by atomic mass is 16.2. The van der Waals surface area contributed by atoms with E-state index in [0.717, 1.165) is 37.4 Å². The van der Waals surface area contributed by atoms with Gasteiger partial charge in [0.05, 0.1) is 6.54 Å². The van der Waals surface area contributed by atoms with E-state index in [1.165, 1.54) is 11.1 Å². The monoisotopic (exact) mass is 344 g/mol. The average Bonchev–Trinajstić information content (AvgIpc) is 2.90. The number of carbonyl (C=O) groups is 3. The van der Waals surface area contributed by atoms with Gasteiger partial charge in [-0.2, -0.15) is 0 Å². The number of nitrogens with one attached hydrogen (secondary N) is 2. The first-order valence-electron chi connectivity index (χ1n) is 8.67. The fourth-order valence-corrected chi connectivity index (χ4v) is 3.30. The number of hydrogen-bond acceptors (Lipinski definition) is 4. The van der Waals surface area contributed by atoms with Crippen LogP contribution in [0.2, 0.25) is 0 Å². The summed E-state index contributed by atoms with van der Waals surface area (Å²) in [6.07, 6.45) is 1.75. The summed E-state index contributed by atoms with van der Waals surface area (Å²) >= 11 is 0. The van der Waals surface area contributed by atoms with Crippen molar-refractivity contribution in [2.45, 2.75) is 32.4 Å². The van der Waals surface area contributed by atoms with Gasteiger partial charge in [0.2, 0.25) is 5.91 Å². The van der Waals surface area contributed by atoms with Crippen LogP contribution in [-0.4, -0.2) is 59.9 Å². The topological polar surface area (TPSA) is 81.8 Å². The van der Waals surface area contributed by atoms with Crippen LogP contribution < -0.4 is 10.6 Å². The smallest absolute Gasteiger partial charge is 0.325 e. The lowest BCUT2D eigenvalue weighted by Gasteiger charge is -2.32. The predicted molar refractivity (Wildman–Crippen MR) is 92.7 cm³/mol. The molecule has 2 fully saturated rings. The maximum absolute atomic E-state index is 12.1. The van der Waals surface area contributed by atoms with Crippen molar-refractivity contribution in [3.05, 3.63) is 35.4 Å². The molecule has 2 aliphatic rings. The molecule has 2 N–H and O–H groups in total. The minimum atomic E-state index is -0.492. The van der Waals surface area contributed by atoms with Crippen LogP contribution in [0.4, 0.5) is 4.79 Å². The van der Waals surface area contributed by atoms with Crippen LogP contribution in [0.15, 0.2) is 24.3 Å². The molecule has 4 amide bonds. The van der Waals surface area contributed by atoms with E-state index in [4.69, 9.17) is 0 Å². The summed E-state index contributed by atoms with van der Waals surface area (Å²) in [5.41, 5.74) is 2.63. The fraction of sp³-hybridized carbons (Fsp3) is 0.500.